The van der Waals surface area contributed by atoms with Gasteiger partial charge in [0.2, 0.25) is 0 Å². The van der Waals surface area contributed by atoms with Gasteiger partial charge in [-0.05, 0) is 27.2 Å². The van der Waals surface area contributed by atoms with E-state index < -0.39 is 9.84 Å². The normalized spacial score (nSPS) is 27.2. The number of ether oxygens (including phenoxy) is 1. The molecule has 1 saturated carbocycles. The molecule has 1 aliphatic carbocycles. The molecule has 1 aliphatic rings. The van der Waals surface area contributed by atoms with E-state index in [0.29, 0.717) is 18.7 Å². The molecule has 2 unspecified atom stereocenters. The van der Waals surface area contributed by atoms with Crippen molar-refractivity contribution in [1.29, 1.82) is 0 Å². The maximum atomic E-state index is 11.7. The molecule has 4 nitrogen and oxygen atoms in total. The molecule has 0 aromatic heterocycles. The van der Waals surface area contributed by atoms with Crippen LogP contribution in [0.2, 0.25) is 0 Å². The van der Waals surface area contributed by atoms with E-state index in [1.54, 1.807) is 13.8 Å². The van der Waals surface area contributed by atoms with Gasteiger partial charge in [-0.2, -0.15) is 0 Å². The lowest BCUT2D eigenvalue weighted by Gasteiger charge is -2.52. The summed E-state index contributed by atoms with van der Waals surface area (Å²) in [6.45, 7) is 11.1. The van der Waals surface area contributed by atoms with E-state index in [0.717, 1.165) is 13.0 Å². The van der Waals surface area contributed by atoms with Crippen LogP contribution in [-0.4, -0.2) is 44.7 Å². The Morgan fingerprint density at radius 1 is 1.39 bits per heavy atom. The van der Waals surface area contributed by atoms with Gasteiger partial charge >= 0.3 is 0 Å². The van der Waals surface area contributed by atoms with Crippen molar-refractivity contribution in [3.63, 3.8) is 0 Å². The van der Waals surface area contributed by atoms with Gasteiger partial charge in [0.25, 0.3) is 0 Å². The summed E-state index contributed by atoms with van der Waals surface area (Å²) in [5.74, 6) is 0.219. The van der Waals surface area contributed by atoms with Crippen LogP contribution in [0, 0.1) is 5.41 Å². The molecule has 0 heterocycles. The van der Waals surface area contributed by atoms with Crippen LogP contribution in [0.3, 0.4) is 0 Å². The Kier molecular flexibility index (Phi) is 5.21. The van der Waals surface area contributed by atoms with E-state index >= 15 is 0 Å². The molecule has 0 aromatic rings. The molecule has 0 aliphatic heterocycles. The second-order valence-corrected chi connectivity index (χ2v) is 8.60. The van der Waals surface area contributed by atoms with Gasteiger partial charge in [0.15, 0.2) is 9.84 Å². The van der Waals surface area contributed by atoms with Crippen LogP contribution >= 0.6 is 0 Å². The van der Waals surface area contributed by atoms with E-state index in [9.17, 15) is 8.42 Å². The Bertz CT molecular complexity index is 362. The zero-order chi connectivity index (χ0) is 14.0. The molecule has 1 fully saturated rings. The summed E-state index contributed by atoms with van der Waals surface area (Å²) in [7, 11) is -2.93. The molecular formula is C13H27NO3S. The molecule has 0 spiro atoms. The molecule has 0 saturated heterocycles. The van der Waals surface area contributed by atoms with Gasteiger partial charge in [-0.25, -0.2) is 8.42 Å². The van der Waals surface area contributed by atoms with Crippen molar-refractivity contribution in [2.24, 2.45) is 5.41 Å². The molecule has 0 radical (unpaired) electrons. The number of hydrogen-bond acceptors (Lipinski definition) is 4. The van der Waals surface area contributed by atoms with Gasteiger partial charge in [0, 0.05) is 24.6 Å². The topological polar surface area (TPSA) is 55.4 Å². The summed E-state index contributed by atoms with van der Waals surface area (Å²) in [4.78, 5) is 0. The standard InChI is InChI=1S/C13H27NO3S/c1-6-17-12-9-11(13(12,4)5)14-7-8-18(15,16)10(2)3/h10-12,14H,6-9H2,1-5H3. The van der Waals surface area contributed by atoms with Crippen molar-refractivity contribution in [1.82, 2.24) is 5.32 Å². The van der Waals surface area contributed by atoms with Gasteiger partial charge in [0.05, 0.1) is 17.1 Å². The maximum Gasteiger partial charge on any atom is 0.153 e. The Morgan fingerprint density at radius 2 is 2.00 bits per heavy atom. The SMILES string of the molecule is CCOC1CC(NCCS(=O)(=O)C(C)C)C1(C)C. The lowest BCUT2D eigenvalue weighted by Crippen LogP contribution is -2.61. The van der Waals surface area contributed by atoms with Gasteiger partial charge in [-0.15, -0.1) is 0 Å². The lowest BCUT2D eigenvalue weighted by atomic mass is 9.64. The zero-order valence-electron chi connectivity index (χ0n) is 12.2. The average molecular weight is 277 g/mol. The number of hydrogen-bond donors (Lipinski definition) is 1. The highest BCUT2D eigenvalue weighted by Crippen LogP contribution is 2.42. The first kappa shape index (κ1) is 15.9. The number of rotatable bonds is 7. The van der Waals surface area contributed by atoms with Crippen molar-refractivity contribution in [3.05, 3.63) is 0 Å². The van der Waals surface area contributed by atoms with Crippen LogP contribution in [0.1, 0.15) is 41.0 Å². The van der Waals surface area contributed by atoms with Gasteiger partial charge < -0.3 is 10.1 Å². The fourth-order valence-electron chi connectivity index (χ4n) is 2.33. The Hall–Kier alpha value is -0.130. The molecule has 0 amide bonds. The number of nitrogens with one attached hydrogen (secondary N) is 1. The molecule has 1 N–H and O–H groups in total. The van der Waals surface area contributed by atoms with Crippen molar-refractivity contribution in [3.8, 4) is 0 Å². The molecule has 18 heavy (non-hydrogen) atoms. The molecular weight excluding hydrogens is 250 g/mol. The minimum atomic E-state index is -2.93. The van der Waals surface area contributed by atoms with Crippen LogP contribution in [0.5, 0.6) is 0 Å². The van der Waals surface area contributed by atoms with Crippen molar-refractivity contribution in [2.75, 3.05) is 18.9 Å². The Morgan fingerprint density at radius 3 is 2.44 bits per heavy atom. The third-order valence-electron chi connectivity index (χ3n) is 4.04. The summed E-state index contributed by atoms with van der Waals surface area (Å²) in [6.07, 6.45) is 1.27. The highest BCUT2D eigenvalue weighted by molar-refractivity contribution is 7.92. The van der Waals surface area contributed by atoms with Crippen LogP contribution < -0.4 is 5.32 Å². The summed E-state index contributed by atoms with van der Waals surface area (Å²) < 4.78 is 29.0. The summed E-state index contributed by atoms with van der Waals surface area (Å²) in [5, 5.41) is 3.06. The maximum absolute atomic E-state index is 11.7. The Labute approximate surface area is 111 Å². The molecule has 1 rings (SSSR count). The summed E-state index contributed by atoms with van der Waals surface area (Å²) in [6, 6.07) is 0.358. The lowest BCUT2D eigenvalue weighted by molar-refractivity contribution is -0.113. The minimum Gasteiger partial charge on any atom is -0.378 e. The molecule has 108 valence electrons. The second kappa shape index (κ2) is 5.88. The first-order valence-corrected chi connectivity index (χ1v) is 8.50. The highest BCUT2D eigenvalue weighted by Gasteiger charge is 2.48. The Balaban J connectivity index is 2.35. The average Bonchev–Trinajstić information content (AvgIpc) is 2.26. The van der Waals surface area contributed by atoms with E-state index in [-0.39, 0.29) is 16.4 Å². The largest absolute Gasteiger partial charge is 0.378 e. The van der Waals surface area contributed by atoms with Crippen LogP contribution in [0.25, 0.3) is 0 Å². The second-order valence-electron chi connectivity index (χ2n) is 5.92. The smallest absolute Gasteiger partial charge is 0.153 e. The predicted molar refractivity (Wildman–Crippen MR) is 74.5 cm³/mol. The molecule has 2 atom stereocenters. The molecule has 0 bridgehead atoms. The van der Waals surface area contributed by atoms with Gasteiger partial charge in [-0.3, -0.25) is 0 Å². The first-order valence-electron chi connectivity index (χ1n) is 6.78. The van der Waals surface area contributed by atoms with E-state index in [1.165, 1.54) is 0 Å². The third-order valence-corrected chi connectivity index (χ3v) is 6.25. The van der Waals surface area contributed by atoms with E-state index in [2.05, 4.69) is 19.2 Å². The fourth-order valence-corrected chi connectivity index (χ4v) is 3.20. The van der Waals surface area contributed by atoms with Crippen molar-refractivity contribution >= 4 is 9.84 Å². The number of sulfone groups is 1. The van der Waals surface area contributed by atoms with Gasteiger partial charge in [0.1, 0.15) is 0 Å². The van der Waals surface area contributed by atoms with Crippen LogP contribution in [0.15, 0.2) is 0 Å². The monoisotopic (exact) mass is 277 g/mol. The zero-order valence-corrected chi connectivity index (χ0v) is 13.0. The quantitative estimate of drug-likeness (QED) is 0.768. The summed E-state index contributed by atoms with van der Waals surface area (Å²) >= 11 is 0. The van der Waals surface area contributed by atoms with Gasteiger partial charge in [-0.1, -0.05) is 13.8 Å². The fraction of sp³-hybridized carbons (Fsp3) is 1.00. The first-order chi connectivity index (χ1) is 8.21. The van der Waals surface area contributed by atoms with E-state index in [1.807, 2.05) is 6.92 Å². The summed E-state index contributed by atoms with van der Waals surface area (Å²) in [5.41, 5.74) is 0.0948. The highest BCUT2D eigenvalue weighted by atomic mass is 32.2. The predicted octanol–water partition coefficient (Wildman–Crippen LogP) is 1.60. The van der Waals surface area contributed by atoms with E-state index in [4.69, 9.17) is 4.74 Å². The third kappa shape index (κ3) is 3.45. The van der Waals surface area contributed by atoms with Crippen LogP contribution in [0.4, 0.5) is 0 Å². The molecule has 5 heteroatoms. The minimum absolute atomic E-state index is 0.0948. The van der Waals surface area contributed by atoms with Crippen molar-refractivity contribution in [2.45, 2.75) is 58.4 Å². The van der Waals surface area contributed by atoms with Crippen LogP contribution in [-0.2, 0) is 14.6 Å². The van der Waals surface area contributed by atoms with Crippen molar-refractivity contribution < 1.29 is 13.2 Å². The molecule has 0 aromatic carbocycles.